The molecule has 1 aliphatic carbocycles. The number of nitrogens with one attached hydrogen (secondary N) is 3. The van der Waals surface area contributed by atoms with E-state index in [9.17, 15) is 19.8 Å². The number of ether oxygens (including phenoxy) is 9. The summed E-state index contributed by atoms with van der Waals surface area (Å²) in [6, 6.07) is 1.27. The maximum Gasteiger partial charge on any atom is 0.329 e. The van der Waals surface area contributed by atoms with E-state index in [2.05, 4.69) is 36.7 Å². The molecule has 0 saturated heterocycles. The van der Waals surface area contributed by atoms with Gasteiger partial charge in [0.2, 0.25) is 0 Å². The molecule has 1 rings (SSSR count). The molecule has 0 aromatic rings. The molecule has 0 spiro atoms. The number of hydrogen-bond donors (Lipinski definition) is 7. The first-order valence-corrected chi connectivity index (χ1v) is 23.6. The topological polar surface area (TPSA) is 200 Å². The van der Waals surface area contributed by atoms with E-state index in [1.165, 1.54) is 19.4 Å². The summed E-state index contributed by atoms with van der Waals surface area (Å²) in [5.41, 5.74) is 0. The van der Waals surface area contributed by atoms with Crippen LogP contribution >= 0.6 is 0 Å². The van der Waals surface area contributed by atoms with Crippen molar-refractivity contribution in [2.75, 3.05) is 141 Å². The Morgan fingerprint density at radius 1 is 0.533 bits per heavy atom. The molecule has 17 heteroatoms. The van der Waals surface area contributed by atoms with Gasteiger partial charge in [-0.05, 0) is 77.4 Å². The Labute approximate surface area is 371 Å². The lowest BCUT2D eigenvalue weighted by atomic mass is 10.2. The molecule has 60 heavy (non-hydrogen) atoms. The van der Waals surface area contributed by atoms with Gasteiger partial charge in [-0.1, -0.05) is 43.1 Å². The van der Waals surface area contributed by atoms with Gasteiger partial charge in [0.15, 0.2) is 0 Å². The number of aliphatic hydroxyl groups excluding tert-OH is 2. The van der Waals surface area contributed by atoms with E-state index >= 15 is 0 Å². The minimum Gasteiger partial charge on any atom is -0.411 e. The average Bonchev–Trinajstić information content (AvgIpc) is 4.01. The van der Waals surface area contributed by atoms with Crippen molar-refractivity contribution >= 4 is 8.56 Å². The van der Waals surface area contributed by atoms with E-state index in [1.54, 1.807) is 28.4 Å². The van der Waals surface area contributed by atoms with Crippen LogP contribution in [0.25, 0.3) is 0 Å². The fourth-order valence-electron chi connectivity index (χ4n) is 4.14. The Kier molecular flexibility index (Phi) is 62.8. The Morgan fingerprint density at radius 2 is 0.900 bits per heavy atom. The molecule has 0 aromatic carbocycles. The van der Waals surface area contributed by atoms with Gasteiger partial charge in [-0.2, -0.15) is 0 Å². The first-order chi connectivity index (χ1) is 27.1. The SMILES string of the molecule is C.C.C.CCC(O)CNC(C)COCCOC.COCCOCC(C)C.COCCOCC(C)NCC(O)COCCC[Si](C)(O)O.COCCOCC(C)NCC1CC1. The summed E-state index contributed by atoms with van der Waals surface area (Å²) < 4.78 is 46.0. The number of hydrogen-bond acceptors (Lipinski definition) is 16. The summed E-state index contributed by atoms with van der Waals surface area (Å²) in [6.07, 6.45) is 3.35. The third-order valence-corrected chi connectivity index (χ3v) is 9.16. The fourth-order valence-corrected chi connectivity index (χ4v) is 4.96. The zero-order valence-corrected chi connectivity index (χ0v) is 39.1. The largest absolute Gasteiger partial charge is 0.411 e. The standard InChI is InChI=1S/C13H31NO6Si.C10H23NO3.C10H21NO2.C7H16O2.3CH4/c1-12(10-20-7-6-18-2)14-9-13(15)11-19-5-4-8-21(3,16)17;1-4-10(12)7-11-9(2)8-14-6-5-13-3;1-9(8-13-6-5-12-2)11-7-10-3-4-10;1-7(2)6-9-5-4-8-3;;;/h12-17H,4-11H2,1-3H3;9-12H,4-8H2,1-3H3;9-11H,3-8H2,1-2H3;7H,4-6H2,1-3H3;3*1H4. The minimum atomic E-state index is -2.96. The second-order valence-corrected chi connectivity index (χ2v) is 18.1. The van der Waals surface area contributed by atoms with Gasteiger partial charge in [0.1, 0.15) is 0 Å². The zero-order valence-electron chi connectivity index (χ0n) is 38.1. The summed E-state index contributed by atoms with van der Waals surface area (Å²) in [5, 5.41) is 28.8. The maximum atomic E-state index is 9.73. The van der Waals surface area contributed by atoms with Crippen LogP contribution in [0.1, 0.15) is 89.5 Å². The van der Waals surface area contributed by atoms with E-state index in [4.69, 9.17) is 42.6 Å². The molecule has 0 aromatic heterocycles. The van der Waals surface area contributed by atoms with Gasteiger partial charge in [-0.15, -0.1) is 0 Å². The Bertz CT molecular complexity index is 776. The average molecular weight is 898 g/mol. The summed E-state index contributed by atoms with van der Waals surface area (Å²) in [4.78, 5) is 18.5. The lowest BCUT2D eigenvalue weighted by Gasteiger charge is -2.17. The van der Waals surface area contributed by atoms with Gasteiger partial charge >= 0.3 is 8.56 Å². The van der Waals surface area contributed by atoms with Crippen LogP contribution in [0.3, 0.4) is 0 Å². The smallest absolute Gasteiger partial charge is 0.329 e. The van der Waals surface area contributed by atoms with Gasteiger partial charge < -0.3 is 78.4 Å². The van der Waals surface area contributed by atoms with E-state index in [0.717, 1.165) is 32.1 Å². The zero-order chi connectivity index (χ0) is 43.6. The molecule has 1 fully saturated rings. The minimum absolute atomic E-state index is 0. The van der Waals surface area contributed by atoms with Crippen LogP contribution in [0.15, 0.2) is 0 Å². The van der Waals surface area contributed by atoms with E-state index < -0.39 is 14.7 Å². The normalized spacial score (nSPS) is 14.6. The van der Waals surface area contributed by atoms with Crippen LogP contribution in [0, 0.1) is 11.8 Å². The van der Waals surface area contributed by atoms with Crippen molar-refractivity contribution in [2.45, 2.75) is 132 Å². The van der Waals surface area contributed by atoms with Crippen LogP contribution in [0.2, 0.25) is 12.6 Å². The van der Waals surface area contributed by atoms with Crippen molar-refractivity contribution in [3.8, 4) is 0 Å². The van der Waals surface area contributed by atoms with Gasteiger partial charge in [0, 0.05) is 72.9 Å². The molecule has 0 heterocycles. The van der Waals surface area contributed by atoms with Crippen molar-refractivity contribution in [3.63, 3.8) is 0 Å². The molecule has 1 saturated carbocycles. The van der Waals surface area contributed by atoms with Gasteiger partial charge in [0.25, 0.3) is 0 Å². The van der Waals surface area contributed by atoms with Crippen molar-refractivity contribution in [1.29, 1.82) is 0 Å². The predicted octanol–water partition coefficient (Wildman–Crippen LogP) is 4.10. The summed E-state index contributed by atoms with van der Waals surface area (Å²) >= 11 is 0. The molecule has 0 radical (unpaired) electrons. The molecular formula is C43H103N3O13Si. The number of aliphatic hydroxyl groups is 2. The first kappa shape index (κ1) is 71.2. The van der Waals surface area contributed by atoms with Crippen molar-refractivity contribution in [1.82, 2.24) is 16.0 Å². The predicted molar refractivity (Wildman–Crippen MR) is 250 cm³/mol. The van der Waals surface area contributed by atoms with Gasteiger partial charge in [0.05, 0.1) is 91.5 Å². The van der Waals surface area contributed by atoms with Crippen molar-refractivity contribution < 1.29 is 62.4 Å². The van der Waals surface area contributed by atoms with E-state index in [-0.39, 0.29) is 47.1 Å². The molecule has 0 bridgehead atoms. The molecule has 7 N–H and O–H groups in total. The molecule has 5 unspecified atom stereocenters. The van der Waals surface area contributed by atoms with Crippen LogP contribution in [-0.4, -0.2) is 199 Å². The lowest BCUT2D eigenvalue weighted by Crippen LogP contribution is -2.38. The van der Waals surface area contributed by atoms with Gasteiger partial charge in [-0.3, -0.25) is 0 Å². The Morgan fingerprint density at radius 3 is 1.25 bits per heavy atom. The third-order valence-electron chi connectivity index (χ3n) is 7.86. The highest BCUT2D eigenvalue weighted by Gasteiger charge is 2.21. The highest BCUT2D eigenvalue weighted by Crippen LogP contribution is 2.27. The summed E-state index contributed by atoms with van der Waals surface area (Å²) in [7, 11) is 3.70. The molecule has 0 aliphatic heterocycles. The van der Waals surface area contributed by atoms with Crippen molar-refractivity contribution in [3.05, 3.63) is 0 Å². The number of rotatable bonds is 36. The summed E-state index contributed by atoms with van der Waals surface area (Å²) in [6.45, 7) is 24.8. The summed E-state index contributed by atoms with van der Waals surface area (Å²) in [5.74, 6) is 1.57. The highest BCUT2D eigenvalue weighted by molar-refractivity contribution is 6.63. The van der Waals surface area contributed by atoms with E-state index in [0.29, 0.717) is 110 Å². The molecule has 5 atom stereocenters. The molecule has 1 aliphatic rings. The molecule has 0 amide bonds. The Balaban J connectivity index is -0.000000166. The van der Waals surface area contributed by atoms with Crippen LogP contribution in [-0.2, 0) is 42.6 Å². The maximum absolute atomic E-state index is 9.73. The lowest BCUT2D eigenvalue weighted by molar-refractivity contribution is 0.0301. The van der Waals surface area contributed by atoms with Crippen LogP contribution in [0.4, 0.5) is 0 Å². The Hall–Kier alpha value is -0.423. The monoisotopic (exact) mass is 898 g/mol. The van der Waals surface area contributed by atoms with Gasteiger partial charge in [-0.25, -0.2) is 0 Å². The highest BCUT2D eigenvalue weighted by atomic mass is 28.4. The fraction of sp³-hybridized carbons (Fsp3) is 1.00. The molecular weight excluding hydrogens is 795 g/mol. The quantitative estimate of drug-likeness (QED) is 0.0350. The second-order valence-electron chi connectivity index (χ2n) is 15.1. The first-order valence-electron chi connectivity index (χ1n) is 21.0. The molecule has 372 valence electrons. The second kappa shape index (κ2) is 52.9. The number of methoxy groups -OCH3 is 4. The van der Waals surface area contributed by atoms with Crippen LogP contribution < -0.4 is 16.0 Å². The third kappa shape index (κ3) is 66.7. The molecule has 16 nitrogen and oxygen atoms in total. The van der Waals surface area contributed by atoms with Crippen molar-refractivity contribution in [2.24, 2.45) is 11.8 Å². The van der Waals surface area contributed by atoms with E-state index in [1.807, 2.05) is 20.8 Å². The van der Waals surface area contributed by atoms with Crippen LogP contribution in [0.5, 0.6) is 0 Å².